The van der Waals surface area contributed by atoms with Crippen LogP contribution >= 0.6 is 0 Å². The van der Waals surface area contributed by atoms with Crippen LogP contribution in [-0.2, 0) is 0 Å². The van der Waals surface area contributed by atoms with Gasteiger partial charge in [0.1, 0.15) is 0 Å². The van der Waals surface area contributed by atoms with Crippen molar-refractivity contribution in [2.45, 2.75) is 20.3 Å². The Hall–Kier alpha value is 0.358. The Bertz CT molecular complexity index is 186. The van der Waals surface area contributed by atoms with Crippen LogP contribution in [-0.4, -0.2) is 51.1 Å². The first kappa shape index (κ1) is 17.7. The summed E-state index contributed by atoms with van der Waals surface area (Å²) in [4.78, 5) is 0. The molecular formula is C7H19F6NSb+. The van der Waals surface area contributed by atoms with Gasteiger partial charge in [0.15, 0.2) is 0 Å². The molecule has 0 atom stereocenters. The largest absolute Gasteiger partial charge is 1.00 e. The Balaban J connectivity index is -0.000000200. The molecule has 0 aliphatic heterocycles. The smallest absolute Gasteiger partial charge is 1.00 e. The molecule has 8 heteroatoms. The van der Waals surface area contributed by atoms with Gasteiger partial charge in [0.25, 0.3) is 0 Å². The fourth-order valence-corrected chi connectivity index (χ4v) is 0.763. The second-order valence-corrected chi connectivity index (χ2v) is 9.40. The predicted octanol–water partition coefficient (Wildman–Crippen LogP) is 3.75. The van der Waals surface area contributed by atoms with Crippen LogP contribution in [0.2, 0.25) is 0 Å². The van der Waals surface area contributed by atoms with E-state index in [0.717, 1.165) is 4.48 Å². The van der Waals surface area contributed by atoms with E-state index in [4.69, 9.17) is 0 Å². The van der Waals surface area contributed by atoms with Crippen molar-refractivity contribution in [3.05, 3.63) is 0 Å². The molecule has 0 fully saturated rings. The number of hydrogen-bond donors (Lipinski definition) is 0. The molecule has 1 nitrogen and oxygen atoms in total. The molecule has 0 saturated carbocycles. The van der Waals surface area contributed by atoms with Crippen molar-refractivity contribution < 1.29 is 22.8 Å². The van der Waals surface area contributed by atoms with Crippen LogP contribution in [0.5, 0.6) is 0 Å². The molecule has 0 saturated heterocycles. The summed E-state index contributed by atoms with van der Waals surface area (Å²) in [5, 5.41) is 0. The van der Waals surface area contributed by atoms with Crippen LogP contribution in [0.3, 0.4) is 0 Å². The molecule has 98 valence electrons. The van der Waals surface area contributed by atoms with Crippen molar-refractivity contribution in [3.8, 4) is 0 Å². The molecule has 0 bridgehead atoms. The topological polar surface area (TPSA) is 0 Å². The predicted molar refractivity (Wildman–Crippen MR) is 51.3 cm³/mol. The number of hydrogen-bond acceptors (Lipinski definition) is 0. The molecule has 0 N–H and O–H groups in total. The molecule has 0 aliphatic carbocycles. The van der Waals surface area contributed by atoms with Crippen molar-refractivity contribution in [1.29, 1.82) is 0 Å². The monoisotopic (exact) mass is 352 g/mol. The average molecular weight is 353 g/mol. The van der Waals surface area contributed by atoms with Crippen molar-refractivity contribution in [1.82, 2.24) is 0 Å². The van der Waals surface area contributed by atoms with Gasteiger partial charge in [0.05, 0.1) is 27.2 Å². The molecule has 0 aromatic heterocycles. The SMILES string of the molecule is CCC[N+](C)(C)CC.[F][Sb-]([F])([F])([F])([F])[F].[H+]. The first-order valence-corrected chi connectivity index (χ1v) is 10.2. The van der Waals surface area contributed by atoms with Crippen molar-refractivity contribution in [2.75, 3.05) is 27.2 Å². The van der Waals surface area contributed by atoms with Crippen LogP contribution in [0.25, 0.3) is 0 Å². The zero-order valence-electron chi connectivity index (χ0n) is 10.3. The number of rotatable bonds is 3. The van der Waals surface area contributed by atoms with E-state index in [0.29, 0.717) is 0 Å². The third-order valence-corrected chi connectivity index (χ3v) is 1.68. The van der Waals surface area contributed by atoms with E-state index in [-0.39, 0.29) is 1.43 Å². The third-order valence-electron chi connectivity index (χ3n) is 1.68. The van der Waals surface area contributed by atoms with Crippen LogP contribution in [0, 0.1) is 0 Å². The molecular weight excluding hydrogens is 334 g/mol. The van der Waals surface area contributed by atoms with Crippen LogP contribution in [0.15, 0.2) is 0 Å². The fourth-order valence-electron chi connectivity index (χ4n) is 0.763. The molecule has 0 aromatic rings. The minimum atomic E-state index is -11.2. The summed E-state index contributed by atoms with van der Waals surface area (Å²) < 4.78 is 60.7. The van der Waals surface area contributed by atoms with Crippen molar-refractivity contribution in [3.63, 3.8) is 0 Å². The maximum atomic E-state index is 9.93. The molecule has 0 unspecified atom stereocenters. The summed E-state index contributed by atoms with van der Waals surface area (Å²) in [5.74, 6) is 0. The molecule has 0 aliphatic rings. The molecule has 0 rings (SSSR count). The second-order valence-electron chi connectivity index (χ2n) is 3.93. The normalized spacial score (nSPS) is 17.2. The number of nitrogens with zero attached hydrogens (tertiary/aromatic N) is 1. The maximum absolute atomic E-state index is 11.2. The third kappa shape index (κ3) is 40.5. The minimum Gasteiger partial charge on any atom is 1.00 e. The van der Waals surface area contributed by atoms with Gasteiger partial charge >= 0.3 is 37.8 Å². The van der Waals surface area contributed by atoms with Crippen LogP contribution in [0.4, 0.5) is 16.9 Å². The molecule has 0 radical (unpaired) electrons. The standard InChI is InChI=1S/C7H18N.6FH.Sb/c1-5-7-8(3,4)6-2;;;;;;;/h5-7H2,1-4H3;6*1H;/q+1;;;;;;;+5/p-5. The van der Waals surface area contributed by atoms with Gasteiger partial charge in [-0.2, -0.15) is 0 Å². The van der Waals surface area contributed by atoms with E-state index in [9.17, 15) is 16.9 Å². The molecule has 0 spiro atoms. The molecule has 0 amide bonds. The Morgan fingerprint density at radius 1 is 0.933 bits per heavy atom. The van der Waals surface area contributed by atoms with Crippen molar-refractivity contribution in [2.24, 2.45) is 0 Å². The van der Waals surface area contributed by atoms with Gasteiger partial charge in [-0.05, 0) is 13.3 Å². The fraction of sp³-hybridized carbons (Fsp3) is 1.00. The van der Waals surface area contributed by atoms with Crippen molar-refractivity contribution >= 4 is 19.5 Å². The summed E-state index contributed by atoms with van der Waals surface area (Å²) in [6.45, 7) is 7.01. The van der Waals surface area contributed by atoms with Gasteiger partial charge in [0, 0.05) is 0 Å². The zero-order valence-corrected chi connectivity index (χ0v) is 11.8. The summed E-state index contributed by atoms with van der Waals surface area (Å²) in [6.07, 6.45) is 1.29. The van der Waals surface area contributed by atoms with E-state index < -0.39 is 19.5 Å². The van der Waals surface area contributed by atoms with Gasteiger partial charge in [0.2, 0.25) is 0 Å². The number of halogens is 6. The zero-order chi connectivity index (χ0) is 13.0. The second kappa shape index (κ2) is 4.32. The van der Waals surface area contributed by atoms with Gasteiger partial charge in [-0.3, -0.25) is 0 Å². The quantitative estimate of drug-likeness (QED) is 0.412. The number of quaternary nitrogens is 1. The Morgan fingerprint density at radius 3 is 1.27 bits per heavy atom. The first-order chi connectivity index (χ1) is 6.07. The van der Waals surface area contributed by atoms with Gasteiger partial charge < -0.3 is 4.48 Å². The summed E-state index contributed by atoms with van der Waals surface area (Å²) in [7, 11) is 4.53. The average Bonchev–Trinajstić information content (AvgIpc) is 1.80. The Morgan fingerprint density at radius 2 is 1.20 bits per heavy atom. The molecule has 0 aromatic carbocycles. The van der Waals surface area contributed by atoms with Crippen LogP contribution < -0.4 is 0 Å². The van der Waals surface area contributed by atoms with E-state index in [2.05, 4.69) is 27.9 Å². The molecule has 0 heterocycles. The maximum Gasteiger partial charge on any atom is 1.00 e. The van der Waals surface area contributed by atoms with Crippen LogP contribution in [0.1, 0.15) is 21.7 Å². The van der Waals surface area contributed by atoms with Gasteiger partial charge in [-0.1, -0.05) is 6.92 Å². The van der Waals surface area contributed by atoms with E-state index >= 15 is 0 Å². The van der Waals surface area contributed by atoms with E-state index in [1.807, 2.05) is 0 Å². The summed E-state index contributed by atoms with van der Waals surface area (Å²) >= 11 is -11.2. The van der Waals surface area contributed by atoms with E-state index in [1.54, 1.807) is 0 Å². The summed E-state index contributed by atoms with van der Waals surface area (Å²) in [6, 6.07) is 0. The van der Waals surface area contributed by atoms with Gasteiger partial charge in [-0.25, -0.2) is 0 Å². The Labute approximate surface area is 90.0 Å². The Kier molecular flexibility index (Phi) is 5.11. The van der Waals surface area contributed by atoms with Gasteiger partial charge in [-0.15, -0.1) is 0 Å². The first-order valence-electron chi connectivity index (χ1n) is 4.46. The minimum absolute atomic E-state index is 0. The molecule has 15 heavy (non-hydrogen) atoms. The van der Waals surface area contributed by atoms with E-state index in [1.165, 1.54) is 19.5 Å². The summed E-state index contributed by atoms with van der Waals surface area (Å²) in [5.41, 5.74) is 0.